The third-order valence-corrected chi connectivity index (χ3v) is 5.77. The van der Waals surface area contributed by atoms with Crippen molar-refractivity contribution in [3.63, 3.8) is 0 Å². The summed E-state index contributed by atoms with van der Waals surface area (Å²) >= 11 is 0. The van der Waals surface area contributed by atoms with E-state index in [0.717, 1.165) is 36.2 Å². The van der Waals surface area contributed by atoms with E-state index in [1.807, 2.05) is 59.9 Å². The first-order valence-corrected chi connectivity index (χ1v) is 10.7. The van der Waals surface area contributed by atoms with Gasteiger partial charge < -0.3 is 18.9 Å². The van der Waals surface area contributed by atoms with E-state index in [2.05, 4.69) is 19.9 Å². The number of aromatic nitrogens is 2. The summed E-state index contributed by atoms with van der Waals surface area (Å²) < 4.78 is 13.9. The zero-order chi connectivity index (χ0) is 21.9. The molecule has 0 saturated carbocycles. The van der Waals surface area contributed by atoms with Gasteiger partial charge in [-0.05, 0) is 30.5 Å². The molecule has 1 unspecified atom stereocenters. The second-order valence-corrected chi connectivity index (χ2v) is 7.82. The van der Waals surface area contributed by atoms with Crippen LogP contribution in [0.2, 0.25) is 0 Å². The summed E-state index contributed by atoms with van der Waals surface area (Å²) in [6.07, 6.45) is 7.48. The molecule has 1 N–H and O–H groups in total. The zero-order valence-corrected chi connectivity index (χ0v) is 17.9. The molecule has 2 aliphatic heterocycles. The Bertz CT molecular complexity index is 1130. The molecule has 164 valence electrons. The average molecular weight is 431 g/mol. The van der Waals surface area contributed by atoms with E-state index >= 15 is 0 Å². The normalized spacial score (nSPS) is 16.8. The third kappa shape index (κ3) is 3.79. The predicted molar refractivity (Wildman–Crippen MR) is 120 cm³/mol. The molecular formula is C24H25N5O3. The summed E-state index contributed by atoms with van der Waals surface area (Å²) in [7, 11) is 1.64. The molecule has 0 spiro atoms. The molecule has 0 aliphatic carbocycles. The number of benzene rings is 2. The topological polar surface area (TPSA) is 81.0 Å². The Balaban J connectivity index is 1.32. The summed E-state index contributed by atoms with van der Waals surface area (Å²) in [5.41, 5.74) is 2.64. The van der Waals surface area contributed by atoms with Crippen LogP contribution in [-0.2, 0) is 17.9 Å². The maximum Gasteiger partial charge on any atom is 0.254 e. The number of nitrogens with one attached hydrogen (secondary N) is 1. The first kappa shape index (κ1) is 20.1. The number of ether oxygens (including phenoxy) is 2. The Morgan fingerprint density at radius 1 is 1.16 bits per heavy atom. The lowest BCUT2D eigenvalue weighted by Gasteiger charge is -2.29. The number of imidazole rings is 1. The largest absolute Gasteiger partial charge is 0.492 e. The van der Waals surface area contributed by atoms with Crippen LogP contribution in [-0.4, -0.2) is 40.0 Å². The standard InChI is InChI=1S/C24H25N5O3/c1-31-22-18-15-29-21(17-7-3-2-4-8-17)23(30)27-24(29)26-19(18)9-10-20(22)32-14-6-5-12-28-13-11-25-16-28/h2-4,7-11,13,16,21H,5-6,12,14-15H2,1H3,(H,26,27,30). The van der Waals surface area contributed by atoms with E-state index < -0.39 is 6.04 Å². The van der Waals surface area contributed by atoms with E-state index in [1.165, 1.54) is 0 Å². The fourth-order valence-electron chi connectivity index (χ4n) is 4.21. The summed E-state index contributed by atoms with van der Waals surface area (Å²) in [4.78, 5) is 23.4. The molecule has 1 aromatic heterocycles. The highest BCUT2D eigenvalue weighted by Gasteiger charge is 2.41. The summed E-state index contributed by atoms with van der Waals surface area (Å²) in [6, 6.07) is 13.1. The highest BCUT2D eigenvalue weighted by Crippen LogP contribution is 2.43. The number of unbranched alkanes of at least 4 members (excludes halogenated alkanes) is 1. The van der Waals surface area contributed by atoms with Gasteiger partial charge in [0.1, 0.15) is 6.04 Å². The molecule has 0 radical (unpaired) electrons. The van der Waals surface area contributed by atoms with Crippen LogP contribution in [0.4, 0.5) is 5.69 Å². The molecule has 5 rings (SSSR count). The molecule has 1 saturated heterocycles. The van der Waals surface area contributed by atoms with Gasteiger partial charge in [0.05, 0.1) is 32.3 Å². The summed E-state index contributed by atoms with van der Waals surface area (Å²) in [5, 5.41) is 2.92. The monoisotopic (exact) mass is 431 g/mol. The molecule has 3 heterocycles. The lowest BCUT2D eigenvalue weighted by atomic mass is 10.0. The summed E-state index contributed by atoms with van der Waals surface area (Å²) in [5.74, 6) is 1.87. The van der Waals surface area contributed by atoms with Crippen molar-refractivity contribution in [1.82, 2.24) is 19.8 Å². The fourth-order valence-corrected chi connectivity index (χ4v) is 4.21. The van der Waals surface area contributed by atoms with Crippen molar-refractivity contribution in [1.29, 1.82) is 0 Å². The molecule has 8 heteroatoms. The van der Waals surface area contributed by atoms with Crippen molar-refractivity contribution in [3.05, 3.63) is 72.3 Å². The highest BCUT2D eigenvalue weighted by molar-refractivity contribution is 6.08. The Kier molecular flexibility index (Phi) is 5.49. The molecular weight excluding hydrogens is 406 g/mol. The van der Waals surface area contributed by atoms with E-state index in [4.69, 9.17) is 9.47 Å². The number of carbonyl (C=O) groups is 1. The number of methoxy groups -OCH3 is 1. The Morgan fingerprint density at radius 3 is 2.81 bits per heavy atom. The minimum absolute atomic E-state index is 0.0731. The molecule has 0 bridgehead atoms. The van der Waals surface area contributed by atoms with Gasteiger partial charge in [0, 0.05) is 24.5 Å². The van der Waals surface area contributed by atoms with Crippen LogP contribution in [0.1, 0.15) is 30.0 Å². The van der Waals surface area contributed by atoms with Gasteiger partial charge in [-0.1, -0.05) is 30.3 Å². The predicted octanol–water partition coefficient (Wildman–Crippen LogP) is 3.43. The number of carbonyl (C=O) groups excluding carboxylic acids is 1. The van der Waals surface area contributed by atoms with Crippen LogP contribution in [0.15, 0.2) is 66.2 Å². The van der Waals surface area contributed by atoms with Crippen molar-refractivity contribution in [2.24, 2.45) is 4.99 Å². The first-order valence-electron chi connectivity index (χ1n) is 10.7. The van der Waals surface area contributed by atoms with Gasteiger partial charge in [-0.2, -0.15) is 0 Å². The van der Waals surface area contributed by atoms with Crippen LogP contribution < -0.4 is 14.8 Å². The lowest BCUT2D eigenvalue weighted by Crippen LogP contribution is -2.33. The van der Waals surface area contributed by atoms with Gasteiger partial charge in [-0.3, -0.25) is 10.1 Å². The number of hydrogen-bond acceptors (Lipinski definition) is 6. The van der Waals surface area contributed by atoms with Crippen molar-refractivity contribution in [2.75, 3.05) is 13.7 Å². The maximum absolute atomic E-state index is 12.7. The van der Waals surface area contributed by atoms with Gasteiger partial charge >= 0.3 is 0 Å². The van der Waals surface area contributed by atoms with Gasteiger partial charge in [0.2, 0.25) is 5.96 Å². The van der Waals surface area contributed by atoms with Gasteiger partial charge in [-0.15, -0.1) is 0 Å². The van der Waals surface area contributed by atoms with E-state index in [9.17, 15) is 4.79 Å². The maximum atomic E-state index is 12.7. The quantitative estimate of drug-likeness (QED) is 0.553. The van der Waals surface area contributed by atoms with Crippen molar-refractivity contribution in [3.8, 4) is 11.5 Å². The Labute approximate surface area is 186 Å². The van der Waals surface area contributed by atoms with Gasteiger partial charge in [-0.25, -0.2) is 9.98 Å². The van der Waals surface area contributed by atoms with E-state index in [1.54, 1.807) is 13.3 Å². The number of amides is 1. The Morgan fingerprint density at radius 2 is 2.03 bits per heavy atom. The van der Waals surface area contributed by atoms with Crippen LogP contribution >= 0.6 is 0 Å². The molecule has 2 aromatic carbocycles. The van der Waals surface area contributed by atoms with Crippen molar-refractivity contribution in [2.45, 2.75) is 32.0 Å². The lowest BCUT2D eigenvalue weighted by molar-refractivity contribution is -0.121. The van der Waals surface area contributed by atoms with E-state index in [-0.39, 0.29) is 5.91 Å². The molecule has 8 nitrogen and oxygen atoms in total. The molecule has 2 aliphatic rings. The first-order chi connectivity index (χ1) is 15.7. The second kappa shape index (κ2) is 8.74. The number of hydrogen-bond donors (Lipinski definition) is 1. The van der Waals surface area contributed by atoms with Crippen LogP contribution in [0, 0.1) is 0 Å². The van der Waals surface area contributed by atoms with Gasteiger partial charge in [0.15, 0.2) is 11.5 Å². The molecule has 1 amide bonds. The van der Waals surface area contributed by atoms with Gasteiger partial charge in [0.25, 0.3) is 5.91 Å². The smallest absolute Gasteiger partial charge is 0.254 e. The van der Waals surface area contributed by atoms with Crippen molar-refractivity contribution < 1.29 is 14.3 Å². The number of aryl methyl sites for hydroxylation is 1. The number of fused-ring (bicyclic) bond motifs is 2. The Hall–Kier alpha value is -3.81. The van der Waals surface area contributed by atoms with Crippen LogP contribution in [0.3, 0.4) is 0 Å². The minimum atomic E-state index is -0.416. The summed E-state index contributed by atoms with van der Waals surface area (Å²) in [6.45, 7) is 2.02. The minimum Gasteiger partial charge on any atom is -0.492 e. The third-order valence-electron chi connectivity index (χ3n) is 5.77. The van der Waals surface area contributed by atoms with Crippen molar-refractivity contribution >= 4 is 17.6 Å². The number of aliphatic imine (C=N–C) groups is 1. The highest BCUT2D eigenvalue weighted by atomic mass is 16.5. The molecule has 32 heavy (non-hydrogen) atoms. The fraction of sp³-hybridized carbons (Fsp3) is 0.292. The molecule has 1 fully saturated rings. The SMILES string of the molecule is COc1c(OCCCCn2ccnc2)ccc2c1CN1C(=N2)NC(=O)C1c1ccccc1. The second-order valence-electron chi connectivity index (χ2n) is 7.82. The molecule has 3 aromatic rings. The number of rotatable bonds is 8. The average Bonchev–Trinajstić information content (AvgIpc) is 3.44. The zero-order valence-electron chi connectivity index (χ0n) is 17.9. The van der Waals surface area contributed by atoms with Crippen LogP contribution in [0.5, 0.6) is 11.5 Å². The number of guanidine groups is 1. The number of nitrogens with zero attached hydrogens (tertiary/aromatic N) is 4. The van der Waals surface area contributed by atoms with Crippen LogP contribution in [0.25, 0.3) is 0 Å². The molecule has 1 atom stereocenters. The van der Waals surface area contributed by atoms with E-state index in [0.29, 0.717) is 30.6 Å².